The SMILES string of the molecule is CN(C)c1ccc(C(C)(c2ccc(O)cc2)c2ccc(N(C)C)cc2)cc1. The van der Waals surface area contributed by atoms with Crippen molar-refractivity contribution in [3.63, 3.8) is 0 Å². The van der Waals surface area contributed by atoms with Gasteiger partial charge in [-0.1, -0.05) is 36.4 Å². The molecule has 140 valence electrons. The first-order chi connectivity index (χ1) is 12.8. The summed E-state index contributed by atoms with van der Waals surface area (Å²) in [5, 5.41) is 9.75. The summed E-state index contributed by atoms with van der Waals surface area (Å²) in [5.74, 6) is 0.284. The second kappa shape index (κ2) is 7.36. The highest BCUT2D eigenvalue weighted by Gasteiger charge is 2.31. The highest BCUT2D eigenvalue weighted by molar-refractivity contribution is 5.56. The summed E-state index contributed by atoms with van der Waals surface area (Å²) in [6, 6.07) is 24.9. The number of nitrogens with zero attached hydrogens (tertiary/aromatic N) is 2. The van der Waals surface area contributed by atoms with E-state index in [1.165, 1.54) is 22.5 Å². The molecule has 0 aliphatic carbocycles. The molecule has 0 atom stereocenters. The van der Waals surface area contributed by atoms with Crippen molar-refractivity contribution < 1.29 is 5.11 Å². The molecule has 27 heavy (non-hydrogen) atoms. The number of phenolic OH excluding ortho intramolecular Hbond substituents is 1. The molecular formula is C24H28N2O. The topological polar surface area (TPSA) is 26.7 Å². The molecule has 0 saturated carbocycles. The average Bonchev–Trinajstić information content (AvgIpc) is 2.68. The van der Waals surface area contributed by atoms with E-state index in [-0.39, 0.29) is 11.2 Å². The van der Waals surface area contributed by atoms with E-state index < -0.39 is 0 Å². The molecule has 3 aromatic carbocycles. The molecule has 0 heterocycles. The molecule has 0 aliphatic rings. The number of phenols is 1. The standard InChI is InChI=1S/C24H28N2O/c1-24(20-10-16-23(27)17-11-20,18-6-12-21(13-7-18)25(2)3)19-8-14-22(15-9-19)26(4)5/h6-17,27H,1-5H3. The smallest absolute Gasteiger partial charge is 0.115 e. The van der Waals surface area contributed by atoms with E-state index in [1.807, 2.05) is 40.3 Å². The predicted molar refractivity (Wildman–Crippen MR) is 115 cm³/mol. The zero-order valence-corrected chi connectivity index (χ0v) is 16.8. The van der Waals surface area contributed by atoms with Crippen molar-refractivity contribution in [3.05, 3.63) is 89.5 Å². The second-order valence-corrected chi connectivity index (χ2v) is 7.55. The number of rotatable bonds is 5. The Morgan fingerprint density at radius 3 is 1.15 bits per heavy atom. The molecular weight excluding hydrogens is 332 g/mol. The third kappa shape index (κ3) is 3.63. The predicted octanol–water partition coefficient (Wildman–Crippen LogP) is 4.88. The summed E-state index contributed by atoms with van der Waals surface area (Å²) in [6.45, 7) is 2.24. The van der Waals surface area contributed by atoms with Crippen LogP contribution in [0.25, 0.3) is 0 Å². The molecule has 3 aromatic rings. The third-order valence-electron chi connectivity index (χ3n) is 5.37. The normalized spacial score (nSPS) is 11.3. The molecule has 0 saturated heterocycles. The van der Waals surface area contributed by atoms with Crippen LogP contribution in [0.5, 0.6) is 5.75 Å². The van der Waals surface area contributed by atoms with Crippen LogP contribution in [-0.4, -0.2) is 33.3 Å². The Morgan fingerprint density at radius 2 is 0.852 bits per heavy atom. The number of aromatic hydroxyl groups is 1. The average molecular weight is 361 g/mol. The van der Waals surface area contributed by atoms with Crippen molar-refractivity contribution in [1.82, 2.24) is 0 Å². The van der Waals surface area contributed by atoms with E-state index in [2.05, 4.69) is 65.3 Å². The van der Waals surface area contributed by atoms with Gasteiger partial charge in [0.05, 0.1) is 0 Å². The van der Waals surface area contributed by atoms with Crippen LogP contribution >= 0.6 is 0 Å². The van der Waals surface area contributed by atoms with Crippen molar-refractivity contribution in [3.8, 4) is 5.75 Å². The molecule has 3 nitrogen and oxygen atoms in total. The van der Waals surface area contributed by atoms with Crippen molar-refractivity contribution in [2.24, 2.45) is 0 Å². The zero-order valence-electron chi connectivity index (χ0n) is 16.8. The van der Waals surface area contributed by atoms with Gasteiger partial charge in [-0.25, -0.2) is 0 Å². The van der Waals surface area contributed by atoms with Gasteiger partial charge in [-0.15, -0.1) is 0 Å². The van der Waals surface area contributed by atoms with Crippen molar-refractivity contribution in [2.45, 2.75) is 12.3 Å². The van der Waals surface area contributed by atoms with Crippen LogP contribution < -0.4 is 9.80 Å². The highest BCUT2D eigenvalue weighted by atomic mass is 16.3. The Kier molecular flexibility index (Phi) is 5.13. The molecule has 0 fully saturated rings. The number of benzene rings is 3. The molecule has 3 rings (SSSR count). The van der Waals surface area contributed by atoms with Crippen molar-refractivity contribution in [2.75, 3.05) is 38.0 Å². The minimum Gasteiger partial charge on any atom is -0.508 e. The van der Waals surface area contributed by atoms with Gasteiger partial charge < -0.3 is 14.9 Å². The van der Waals surface area contributed by atoms with E-state index in [0.717, 1.165) is 5.56 Å². The number of anilines is 2. The van der Waals surface area contributed by atoms with Crippen LogP contribution in [0.4, 0.5) is 11.4 Å². The fourth-order valence-electron chi connectivity index (χ4n) is 3.48. The van der Waals surface area contributed by atoms with Gasteiger partial charge in [-0.05, 0) is 60.0 Å². The van der Waals surface area contributed by atoms with Gasteiger partial charge in [0.1, 0.15) is 5.75 Å². The summed E-state index contributed by atoms with van der Waals surface area (Å²) in [6.07, 6.45) is 0. The lowest BCUT2D eigenvalue weighted by Crippen LogP contribution is -2.25. The fraction of sp³-hybridized carbons (Fsp3) is 0.250. The zero-order chi connectivity index (χ0) is 19.6. The molecule has 0 radical (unpaired) electrons. The van der Waals surface area contributed by atoms with Gasteiger partial charge in [0.2, 0.25) is 0 Å². The van der Waals surface area contributed by atoms with E-state index in [0.29, 0.717) is 0 Å². The van der Waals surface area contributed by atoms with Crippen LogP contribution in [0.15, 0.2) is 72.8 Å². The highest BCUT2D eigenvalue weighted by Crippen LogP contribution is 2.40. The van der Waals surface area contributed by atoms with Gasteiger partial charge in [0.25, 0.3) is 0 Å². The largest absolute Gasteiger partial charge is 0.508 e. The molecule has 0 aromatic heterocycles. The Labute approximate surface area is 162 Å². The lowest BCUT2D eigenvalue weighted by atomic mass is 9.71. The summed E-state index contributed by atoms with van der Waals surface area (Å²) in [5.41, 5.74) is 5.62. The summed E-state index contributed by atoms with van der Waals surface area (Å²) in [4.78, 5) is 4.21. The Hall–Kier alpha value is -2.94. The molecule has 0 aliphatic heterocycles. The lowest BCUT2D eigenvalue weighted by molar-refractivity contribution is 0.474. The second-order valence-electron chi connectivity index (χ2n) is 7.55. The maximum absolute atomic E-state index is 9.75. The van der Waals surface area contributed by atoms with Crippen LogP contribution in [0.2, 0.25) is 0 Å². The first-order valence-electron chi connectivity index (χ1n) is 9.17. The maximum atomic E-state index is 9.75. The monoisotopic (exact) mass is 360 g/mol. The minimum atomic E-state index is -0.316. The van der Waals surface area contributed by atoms with Crippen LogP contribution in [0.3, 0.4) is 0 Å². The molecule has 0 unspecified atom stereocenters. The molecule has 0 spiro atoms. The van der Waals surface area contributed by atoms with Crippen molar-refractivity contribution in [1.29, 1.82) is 0 Å². The van der Waals surface area contributed by atoms with E-state index in [4.69, 9.17) is 0 Å². The molecule has 1 N–H and O–H groups in total. The summed E-state index contributed by atoms with van der Waals surface area (Å²) < 4.78 is 0. The maximum Gasteiger partial charge on any atom is 0.115 e. The van der Waals surface area contributed by atoms with Gasteiger partial charge in [-0.3, -0.25) is 0 Å². The fourth-order valence-corrected chi connectivity index (χ4v) is 3.48. The molecule has 0 amide bonds. The summed E-state index contributed by atoms with van der Waals surface area (Å²) in [7, 11) is 8.20. The van der Waals surface area contributed by atoms with Crippen molar-refractivity contribution >= 4 is 11.4 Å². The van der Waals surface area contributed by atoms with Gasteiger partial charge in [0.15, 0.2) is 0 Å². The van der Waals surface area contributed by atoms with E-state index in [9.17, 15) is 5.11 Å². The van der Waals surface area contributed by atoms with Gasteiger partial charge in [-0.2, -0.15) is 0 Å². The first-order valence-corrected chi connectivity index (χ1v) is 9.17. The lowest BCUT2D eigenvalue weighted by Gasteiger charge is -2.32. The molecule has 3 heteroatoms. The molecule has 0 bridgehead atoms. The van der Waals surface area contributed by atoms with Crippen LogP contribution in [0, 0.1) is 0 Å². The summed E-state index contributed by atoms with van der Waals surface area (Å²) >= 11 is 0. The number of hydrogen-bond donors (Lipinski definition) is 1. The first kappa shape index (κ1) is 18.8. The van der Waals surface area contributed by atoms with Gasteiger partial charge in [0, 0.05) is 45.0 Å². The van der Waals surface area contributed by atoms with E-state index in [1.54, 1.807) is 12.1 Å². The Balaban J connectivity index is 2.15. The van der Waals surface area contributed by atoms with Crippen LogP contribution in [-0.2, 0) is 5.41 Å². The minimum absolute atomic E-state index is 0.284. The third-order valence-corrected chi connectivity index (χ3v) is 5.37. The van der Waals surface area contributed by atoms with Gasteiger partial charge >= 0.3 is 0 Å². The Bertz CT molecular complexity index is 828. The number of hydrogen-bond acceptors (Lipinski definition) is 3. The Morgan fingerprint density at radius 1 is 0.556 bits per heavy atom. The van der Waals surface area contributed by atoms with Crippen LogP contribution in [0.1, 0.15) is 23.6 Å². The quantitative estimate of drug-likeness (QED) is 0.657. The van der Waals surface area contributed by atoms with E-state index >= 15 is 0 Å².